The first-order chi connectivity index (χ1) is 7.54. The van der Waals surface area contributed by atoms with Gasteiger partial charge in [-0.2, -0.15) is 5.06 Å². The Bertz CT molecular complexity index is 261. The van der Waals surface area contributed by atoms with Gasteiger partial charge in [0.2, 0.25) is 0 Å². The molecule has 0 bridgehead atoms. The lowest BCUT2D eigenvalue weighted by atomic mass is 10.0. The van der Waals surface area contributed by atoms with Crippen LogP contribution in [0.25, 0.3) is 0 Å². The van der Waals surface area contributed by atoms with Crippen molar-refractivity contribution >= 4 is 8.32 Å². The minimum absolute atomic E-state index is 0.0479. The van der Waals surface area contributed by atoms with E-state index < -0.39 is 8.32 Å². The summed E-state index contributed by atoms with van der Waals surface area (Å²) in [4.78, 5) is 5.81. The van der Waals surface area contributed by atoms with Gasteiger partial charge in [-0.25, -0.2) is 0 Å². The number of nitrogens with zero attached hydrogens (tertiary/aromatic N) is 1. The van der Waals surface area contributed by atoms with Crippen molar-refractivity contribution in [1.82, 2.24) is 5.06 Å². The molecular formula is C13H29NO2Si. The maximum absolute atomic E-state index is 6.29. The predicted molar refractivity (Wildman–Crippen MR) is 74.2 cm³/mol. The maximum Gasteiger partial charge on any atom is 0.195 e. The quantitative estimate of drug-likeness (QED) is 0.723. The van der Waals surface area contributed by atoms with Crippen LogP contribution < -0.4 is 0 Å². The average Bonchev–Trinajstić information content (AvgIpc) is 2.43. The Morgan fingerprint density at radius 1 is 1.29 bits per heavy atom. The van der Waals surface area contributed by atoms with Gasteiger partial charge in [-0.05, 0) is 24.1 Å². The molecule has 1 aliphatic heterocycles. The van der Waals surface area contributed by atoms with E-state index in [1.54, 1.807) is 0 Å². The van der Waals surface area contributed by atoms with E-state index in [4.69, 9.17) is 9.26 Å². The molecule has 0 radical (unpaired) electrons. The summed E-state index contributed by atoms with van der Waals surface area (Å²) in [7, 11) is 0.298. The van der Waals surface area contributed by atoms with Gasteiger partial charge in [-0.3, -0.25) is 4.84 Å². The fraction of sp³-hybridized carbons (Fsp3) is 1.00. The van der Waals surface area contributed by atoms with Gasteiger partial charge in [0.05, 0.1) is 0 Å². The van der Waals surface area contributed by atoms with Crippen LogP contribution >= 0.6 is 0 Å². The Balaban J connectivity index is 2.61. The molecule has 1 heterocycles. The van der Waals surface area contributed by atoms with Crippen molar-refractivity contribution in [1.29, 1.82) is 0 Å². The molecule has 1 fully saturated rings. The number of hydrogen-bond donors (Lipinski definition) is 0. The average molecular weight is 259 g/mol. The molecule has 4 heteroatoms. The molecule has 3 nitrogen and oxygen atoms in total. The van der Waals surface area contributed by atoms with Crippen LogP contribution in [0.2, 0.25) is 18.1 Å². The van der Waals surface area contributed by atoms with Crippen molar-refractivity contribution in [2.75, 3.05) is 7.05 Å². The standard InChI is InChI=1S/C13H29NO2Si/c1-10(2)11-9-12(15-14(11)6)16-17(7,8)13(3,4)5/h10-12H,9H2,1-8H3/t11-,12+/m0/s1. The first kappa shape index (κ1) is 15.2. The summed E-state index contributed by atoms with van der Waals surface area (Å²) in [6.07, 6.45) is 0.939. The highest BCUT2D eigenvalue weighted by atomic mass is 28.4. The van der Waals surface area contributed by atoms with Gasteiger partial charge >= 0.3 is 0 Å². The summed E-state index contributed by atoms with van der Waals surface area (Å²) in [5.41, 5.74) is 0. The van der Waals surface area contributed by atoms with E-state index in [0.717, 1.165) is 6.42 Å². The number of hydrogen-bond acceptors (Lipinski definition) is 3. The van der Waals surface area contributed by atoms with E-state index in [0.29, 0.717) is 12.0 Å². The molecule has 1 aliphatic rings. The smallest absolute Gasteiger partial charge is 0.195 e. The van der Waals surface area contributed by atoms with Crippen LogP contribution in [-0.2, 0) is 9.26 Å². The molecule has 1 saturated heterocycles. The highest BCUT2D eigenvalue weighted by Crippen LogP contribution is 2.39. The Morgan fingerprint density at radius 3 is 2.18 bits per heavy atom. The molecule has 0 aromatic rings. The van der Waals surface area contributed by atoms with Gasteiger partial charge in [0.15, 0.2) is 14.6 Å². The second kappa shape index (κ2) is 5.00. The van der Waals surface area contributed by atoms with E-state index in [2.05, 4.69) is 47.7 Å². The van der Waals surface area contributed by atoms with Crippen molar-refractivity contribution in [2.24, 2.45) is 5.92 Å². The zero-order chi connectivity index (χ0) is 13.4. The summed E-state index contributed by atoms with van der Waals surface area (Å²) < 4.78 is 6.29. The van der Waals surface area contributed by atoms with Crippen molar-refractivity contribution in [3.63, 3.8) is 0 Å². The lowest BCUT2D eigenvalue weighted by Crippen LogP contribution is -2.44. The van der Waals surface area contributed by atoms with Crippen LogP contribution in [0, 0.1) is 5.92 Å². The van der Waals surface area contributed by atoms with Gasteiger partial charge in [-0.1, -0.05) is 34.6 Å². The Hall–Kier alpha value is 0.0969. The third-order valence-corrected chi connectivity index (χ3v) is 8.65. The van der Waals surface area contributed by atoms with Crippen molar-refractivity contribution in [2.45, 2.75) is 71.5 Å². The summed E-state index contributed by atoms with van der Waals surface area (Å²) in [5, 5.41) is 2.22. The molecule has 0 N–H and O–H groups in total. The largest absolute Gasteiger partial charge is 0.391 e. The fourth-order valence-electron chi connectivity index (χ4n) is 1.92. The minimum Gasteiger partial charge on any atom is -0.391 e. The van der Waals surface area contributed by atoms with Crippen LogP contribution in [-0.4, -0.2) is 32.8 Å². The van der Waals surface area contributed by atoms with E-state index in [-0.39, 0.29) is 11.3 Å². The minimum atomic E-state index is -1.72. The molecule has 0 aromatic heterocycles. The van der Waals surface area contributed by atoms with E-state index in [9.17, 15) is 0 Å². The summed E-state index contributed by atoms with van der Waals surface area (Å²) in [6, 6.07) is 0.477. The van der Waals surface area contributed by atoms with Gasteiger partial charge in [-0.15, -0.1) is 0 Å². The molecule has 17 heavy (non-hydrogen) atoms. The normalized spacial score (nSPS) is 28.1. The zero-order valence-electron chi connectivity index (χ0n) is 12.7. The molecule has 1 rings (SSSR count). The van der Waals surface area contributed by atoms with Gasteiger partial charge < -0.3 is 4.43 Å². The van der Waals surface area contributed by atoms with Crippen LogP contribution in [0.4, 0.5) is 0 Å². The van der Waals surface area contributed by atoms with Crippen LogP contribution in [0.1, 0.15) is 41.0 Å². The van der Waals surface area contributed by atoms with Crippen LogP contribution in [0.15, 0.2) is 0 Å². The first-order valence-electron chi connectivity index (χ1n) is 6.62. The monoisotopic (exact) mass is 259 g/mol. The summed E-state index contributed by atoms with van der Waals surface area (Å²) >= 11 is 0. The van der Waals surface area contributed by atoms with E-state index in [1.807, 2.05) is 12.1 Å². The van der Waals surface area contributed by atoms with Crippen molar-refractivity contribution in [3.8, 4) is 0 Å². The van der Waals surface area contributed by atoms with E-state index in [1.165, 1.54) is 0 Å². The van der Waals surface area contributed by atoms with Crippen molar-refractivity contribution in [3.05, 3.63) is 0 Å². The second-order valence-corrected chi connectivity index (χ2v) is 11.8. The summed E-state index contributed by atoms with van der Waals surface area (Å²) in [5.74, 6) is 0.605. The zero-order valence-corrected chi connectivity index (χ0v) is 13.7. The van der Waals surface area contributed by atoms with Gasteiger partial charge in [0, 0.05) is 19.5 Å². The third kappa shape index (κ3) is 3.53. The fourth-order valence-corrected chi connectivity index (χ4v) is 3.07. The molecule has 0 amide bonds. The SMILES string of the molecule is CC(C)[C@@H]1C[C@@H](O[Si](C)(C)C(C)(C)C)ON1C. The maximum atomic E-state index is 6.29. The molecular weight excluding hydrogens is 230 g/mol. The molecule has 0 spiro atoms. The second-order valence-electron chi connectivity index (χ2n) is 7.01. The number of rotatable bonds is 3. The molecule has 0 unspecified atom stereocenters. The van der Waals surface area contributed by atoms with Crippen molar-refractivity contribution < 1.29 is 9.26 Å². The molecule has 0 saturated carbocycles. The molecule has 102 valence electrons. The van der Waals surface area contributed by atoms with Crippen LogP contribution in [0.5, 0.6) is 0 Å². The predicted octanol–water partition coefficient (Wildman–Crippen LogP) is 3.63. The highest BCUT2D eigenvalue weighted by molar-refractivity contribution is 6.74. The Kier molecular flexibility index (Phi) is 4.45. The Morgan fingerprint density at radius 2 is 1.82 bits per heavy atom. The van der Waals surface area contributed by atoms with Gasteiger partial charge in [0.1, 0.15) is 0 Å². The molecule has 0 aliphatic carbocycles. The lowest BCUT2D eigenvalue weighted by molar-refractivity contribution is -0.205. The number of hydroxylamine groups is 2. The summed E-state index contributed by atoms with van der Waals surface area (Å²) in [6.45, 7) is 15.8. The van der Waals surface area contributed by atoms with Crippen LogP contribution in [0.3, 0.4) is 0 Å². The Labute approximate surface area is 108 Å². The third-order valence-electron chi connectivity index (χ3n) is 4.19. The topological polar surface area (TPSA) is 21.7 Å². The first-order valence-corrected chi connectivity index (χ1v) is 9.53. The highest BCUT2D eigenvalue weighted by Gasteiger charge is 2.43. The molecule has 2 atom stereocenters. The van der Waals surface area contributed by atoms with E-state index >= 15 is 0 Å². The van der Waals surface area contributed by atoms with Gasteiger partial charge in [0.25, 0.3) is 0 Å². The lowest BCUT2D eigenvalue weighted by Gasteiger charge is -2.37. The molecule has 0 aromatic carbocycles.